The highest BCUT2D eigenvalue weighted by Crippen LogP contribution is 2.20. The van der Waals surface area contributed by atoms with E-state index in [1.165, 1.54) is 16.8 Å². The van der Waals surface area contributed by atoms with Crippen LogP contribution in [-0.2, 0) is 4.74 Å². The fraction of sp³-hybridized carbons (Fsp3) is 0.500. The van der Waals surface area contributed by atoms with E-state index >= 15 is 0 Å². The number of pyridine rings is 1. The van der Waals surface area contributed by atoms with Gasteiger partial charge in [0.15, 0.2) is 5.65 Å². The molecular formula is C12H15FN4O2. The Morgan fingerprint density at radius 3 is 3.00 bits per heavy atom. The predicted octanol–water partition coefficient (Wildman–Crippen LogP) is 0.822. The molecule has 0 aliphatic carbocycles. The first-order valence-electron chi connectivity index (χ1n) is 6.21. The van der Waals surface area contributed by atoms with Gasteiger partial charge in [-0.3, -0.25) is 0 Å². The molecule has 0 spiro atoms. The number of nitrogens with one attached hydrogen (secondary N) is 1. The largest absolute Gasteiger partial charge is 0.388 e. The Labute approximate surface area is 109 Å². The summed E-state index contributed by atoms with van der Waals surface area (Å²) in [5.74, 6) is 0.0116. The maximum Gasteiger partial charge on any atom is 0.243 e. The molecule has 2 aromatic heterocycles. The SMILES string of the molecule is OC1(CNc2nc3ccc(F)cn3n2)CCOCC1. The van der Waals surface area contributed by atoms with Gasteiger partial charge in [-0.2, -0.15) is 4.98 Å². The Morgan fingerprint density at radius 1 is 1.42 bits per heavy atom. The highest BCUT2D eigenvalue weighted by atomic mass is 19.1. The molecule has 0 bridgehead atoms. The molecule has 1 saturated heterocycles. The third-order valence-corrected chi connectivity index (χ3v) is 3.29. The Bertz CT molecular complexity index is 580. The second-order valence-corrected chi connectivity index (χ2v) is 4.78. The predicted molar refractivity (Wildman–Crippen MR) is 66.4 cm³/mol. The molecule has 7 heteroatoms. The summed E-state index contributed by atoms with van der Waals surface area (Å²) >= 11 is 0. The molecule has 1 aliphatic rings. The van der Waals surface area contributed by atoms with Crippen LogP contribution in [-0.4, -0.2) is 45.1 Å². The van der Waals surface area contributed by atoms with Gasteiger partial charge < -0.3 is 15.2 Å². The molecule has 0 unspecified atom stereocenters. The quantitative estimate of drug-likeness (QED) is 0.860. The average molecular weight is 266 g/mol. The normalized spacial score (nSPS) is 18.6. The van der Waals surface area contributed by atoms with Crippen molar-refractivity contribution in [3.63, 3.8) is 0 Å². The molecule has 102 valence electrons. The molecule has 0 radical (unpaired) electrons. The number of aromatic nitrogens is 3. The minimum atomic E-state index is -0.791. The van der Waals surface area contributed by atoms with Crippen LogP contribution in [0.5, 0.6) is 0 Å². The van der Waals surface area contributed by atoms with Gasteiger partial charge in [-0.15, -0.1) is 5.10 Å². The molecule has 0 aromatic carbocycles. The van der Waals surface area contributed by atoms with E-state index in [4.69, 9.17) is 4.74 Å². The molecule has 2 N–H and O–H groups in total. The second kappa shape index (κ2) is 4.75. The van der Waals surface area contributed by atoms with Crippen molar-refractivity contribution in [2.24, 2.45) is 0 Å². The first-order chi connectivity index (χ1) is 9.15. The first kappa shape index (κ1) is 12.3. The van der Waals surface area contributed by atoms with Gasteiger partial charge in [-0.25, -0.2) is 8.91 Å². The Balaban J connectivity index is 1.71. The van der Waals surface area contributed by atoms with Gasteiger partial charge in [-0.05, 0) is 12.1 Å². The van der Waals surface area contributed by atoms with Gasteiger partial charge in [0.2, 0.25) is 5.95 Å². The highest BCUT2D eigenvalue weighted by Gasteiger charge is 2.29. The number of nitrogens with zero attached hydrogens (tertiary/aromatic N) is 3. The summed E-state index contributed by atoms with van der Waals surface area (Å²) < 4.78 is 19.6. The molecule has 0 saturated carbocycles. The molecule has 0 atom stereocenters. The van der Waals surface area contributed by atoms with E-state index in [1.807, 2.05) is 0 Å². The van der Waals surface area contributed by atoms with Crippen molar-refractivity contribution in [2.75, 3.05) is 25.1 Å². The summed E-state index contributed by atoms with van der Waals surface area (Å²) in [5, 5.41) is 17.4. The van der Waals surface area contributed by atoms with E-state index in [0.29, 0.717) is 44.2 Å². The van der Waals surface area contributed by atoms with E-state index in [-0.39, 0.29) is 5.82 Å². The maximum absolute atomic E-state index is 13.0. The Kier molecular flexibility index (Phi) is 3.08. The average Bonchev–Trinajstić information content (AvgIpc) is 2.79. The summed E-state index contributed by atoms with van der Waals surface area (Å²) in [7, 11) is 0. The van der Waals surface area contributed by atoms with Crippen molar-refractivity contribution in [2.45, 2.75) is 18.4 Å². The lowest BCUT2D eigenvalue weighted by atomic mass is 9.94. The van der Waals surface area contributed by atoms with Crippen LogP contribution < -0.4 is 5.32 Å². The van der Waals surface area contributed by atoms with Gasteiger partial charge >= 0.3 is 0 Å². The van der Waals surface area contributed by atoms with E-state index in [1.54, 1.807) is 6.07 Å². The Hall–Kier alpha value is -1.73. The van der Waals surface area contributed by atoms with Crippen LogP contribution >= 0.6 is 0 Å². The zero-order valence-electron chi connectivity index (χ0n) is 10.3. The summed E-state index contributed by atoms with van der Waals surface area (Å²) in [5.41, 5.74) is -0.232. The molecule has 2 aromatic rings. The molecule has 3 heterocycles. The van der Waals surface area contributed by atoms with Crippen LogP contribution in [0, 0.1) is 5.82 Å². The number of fused-ring (bicyclic) bond motifs is 1. The number of hydrogen-bond donors (Lipinski definition) is 2. The van der Waals surface area contributed by atoms with Gasteiger partial charge in [0.05, 0.1) is 11.8 Å². The van der Waals surface area contributed by atoms with Crippen molar-refractivity contribution in [3.8, 4) is 0 Å². The van der Waals surface area contributed by atoms with E-state index in [9.17, 15) is 9.50 Å². The van der Waals surface area contributed by atoms with Crippen LogP contribution in [0.25, 0.3) is 5.65 Å². The van der Waals surface area contributed by atoms with Gasteiger partial charge in [-0.1, -0.05) is 0 Å². The molecule has 1 aliphatic heterocycles. The lowest BCUT2D eigenvalue weighted by molar-refractivity contribution is -0.0544. The van der Waals surface area contributed by atoms with Crippen LogP contribution in [0.4, 0.5) is 10.3 Å². The zero-order valence-corrected chi connectivity index (χ0v) is 10.3. The summed E-state index contributed by atoms with van der Waals surface area (Å²) in [6.45, 7) is 1.47. The van der Waals surface area contributed by atoms with Crippen LogP contribution in [0.3, 0.4) is 0 Å². The second-order valence-electron chi connectivity index (χ2n) is 4.78. The lowest BCUT2D eigenvalue weighted by Crippen LogP contribution is -2.42. The highest BCUT2D eigenvalue weighted by molar-refractivity contribution is 5.43. The summed E-state index contributed by atoms with van der Waals surface area (Å²) in [6.07, 6.45) is 2.43. The lowest BCUT2D eigenvalue weighted by Gasteiger charge is -2.31. The van der Waals surface area contributed by atoms with Crippen molar-refractivity contribution in [3.05, 3.63) is 24.1 Å². The number of rotatable bonds is 3. The fourth-order valence-electron chi connectivity index (χ4n) is 2.10. The van der Waals surface area contributed by atoms with Crippen molar-refractivity contribution in [1.29, 1.82) is 0 Å². The van der Waals surface area contributed by atoms with Crippen molar-refractivity contribution >= 4 is 11.6 Å². The number of aliphatic hydroxyl groups is 1. The fourth-order valence-corrected chi connectivity index (χ4v) is 2.10. The number of halogens is 1. The van der Waals surface area contributed by atoms with E-state index in [0.717, 1.165) is 0 Å². The van der Waals surface area contributed by atoms with Crippen LogP contribution in [0.1, 0.15) is 12.8 Å². The van der Waals surface area contributed by atoms with Crippen LogP contribution in [0.15, 0.2) is 18.3 Å². The van der Waals surface area contributed by atoms with E-state index in [2.05, 4.69) is 15.4 Å². The maximum atomic E-state index is 13.0. The molecule has 1 fully saturated rings. The molecule has 3 rings (SSSR count). The number of ether oxygens (including phenoxy) is 1. The van der Waals surface area contributed by atoms with E-state index < -0.39 is 5.60 Å². The standard InChI is InChI=1S/C12H15FN4O2/c13-9-1-2-10-15-11(16-17(10)7-9)14-8-12(18)3-5-19-6-4-12/h1-2,7,18H,3-6,8H2,(H,14,16). The Morgan fingerprint density at radius 2 is 2.21 bits per heavy atom. The minimum Gasteiger partial charge on any atom is -0.388 e. The molecule has 6 nitrogen and oxygen atoms in total. The third-order valence-electron chi connectivity index (χ3n) is 3.29. The van der Waals surface area contributed by atoms with Gasteiger partial charge in [0.25, 0.3) is 0 Å². The summed E-state index contributed by atoms with van der Waals surface area (Å²) in [4.78, 5) is 4.20. The molecular weight excluding hydrogens is 251 g/mol. The van der Waals surface area contributed by atoms with Crippen molar-refractivity contribution < 1.29 is 14.2 Å². The van der Waals surface area contributed by atoms with Gasteiger partial charge in [0.1, 0.15) is 5.82 Å². The minimum absolute atomic E-state index is 0.357. The third kappa shape index (κ3) is 2.66. The summed E-state index contributed by atoms with van der Waals surface area (Å²) in [6, 6.07) is 2.89. The smallest absolute Gasteiger partial charge is 0.243 e. The molecule has 0 amide bonds. The number of anilines is 1. The topological polar surface area (TPSA) is 71.7 Å². The molecule has 19 heavy (non-hydrogen) atoms. The monoisotopic (exact) mass is 266 g/mol. The van der Waals surface area contributed by atoms with Crippen LogP contribution in [0.2, 0.25) is 0 Å². The first-order valence-corrected chi connectivity index (χ1v) is 6.21. The van der Waals surface area contributed by atoms with Crippen molar-refractivity contribution in [1.82, 2.24) is 14.6 Å². The van der Waals surface area contributed by atoms with Gasteiger partial charge in [0, 0.05) is 32.6 Å². The zero-order chi connectivity index (χ0) is 13.3. The number of hydrogen-bond acceptors (Lipinski definition) is 5.